The van der Waals surface area contributed by atoms with Gasteiger partial charge < -0.3 is 15.5 Å². The van der Waals surface area contributed by atoms with E-state index in [2.05, 4.69) is 22.2 Å². The zero-order valence-electron chi connectivity index (χ0n) is 12.8. The van der Waals surface area contributed by atoms with Gasteiger partial charge in [-0.2, -0.15) is 4.98 Å². The second-order valence-electron chi connectivity index (χ2n) is 5.06. The SMILES string of the molecule is CC[C@@H](N)c1sc2c(NCc3ccco3)nc(Cl)nc2c1C.Cl. The van der Waals surface area contributed by atoms with Crippen molar-refractivity contribution in [3.8, 4) is 0 Å². The van der Waals surface area contributed by atoms with Gasteiger partial charge in [0.2, 0.25) is 5.28 Å². The molecule has 3 aromatic rings. The number of aromatic nitrogens is 2. The summed E-state index contributed by atoms with van der Waals surface area (Å²) in [7, 11) is 0. The Morgan fingerprint density at radius 2 is 2.22 bits per heavy atom. The highest BCUT2D eigenvalue weighted by atomic mass is 35.5. The molecule has 0 bridgehead atoms. The van der Waals surface area contributed by atoms with Gasteiger partial charge in [0.1, 0.15) is 11.6 Å². The summed E-state index contributed by atoms with van der Waals surface area (Å²) in [5.74, 6) is 1.55. The Balaban J connectivity index is 0.00000192. The van der Waals surface area contributed by atoms with E-state index < -0.39 is 0 Å². The first-order valence-corrected chi connectivity index (χ1v) is 8.28. The number of hydrogen-bond donors (Lipinski definition) is 2. The molecule has 0 spiro atoms. The summed E-state index contributed by atoms with van der Waals surface area (Å²) in [6, 6.07) is 3.77. The maximum atomic E-state index is 6.19. The zero-order valence-corrected chi connectivity index (χ0v) is 15.2. The summed E-state index contributed by atoms with van der Waals surface area (Å²) in [5.41, 5.74) is 8.14. The molecule has 0 aromatic carbocycles. The highest BCUT2D eigenvalue weighted by molar-refractivity contribution is 7.19. The van der Waals surface area contributed by atoms with Crippen molar-refractivity contribution in [3.63, 3.8) is 0 Å². The van der Waals surface area contributed by atoms with Gasteiger partial charge in [-0.3, -0.25) is 0 Å². The Labute approximate surface area is 149 Å². The van der Waals surface area contributed by atoms with Crippen molar-refractivity contribution >= 4 is 51.4 Å². The highest BCUT2D eigenvalue weighted by Crippen LogP contribution is 2.38. The predicted octanol–water partition coefficient (Wildman–Crippen LogP) is 4.69. The summed E-state index contributed by atoms with van der Waals surface area (Å²) in [5, 5.41) is 3.50. The fourth-order valence-corrected chi connectivity index (χ4v) is 3.79. The average Bonchev–Trinajstić information content (AvgIpc) is 3.13. The van der Waals surface area contributed by atoms with Gasteiger partial charge >= 0.3 is 0 Å². The van der Waals surface area contributed by atoms with Crippen LogP contribution < -0.4 is 11.1 Å². The molecule has 0 saturated heterocycles. The number of anilines is 1. The number of nitrogens with one attached hydrogen (secondary N) is 1. The summed E-state index contributed by atoms with van der Waals surface area (Å²) >= 11 is 7.69. The van der Waals surface area contributed by atoms with E-state index in [1.807, 2.05) is 19.1 Å². The molecule has 0 amide bonds. The first-order chi connectivity index (χ1) is 10.6. The molecular formula is C15H18Cl2N4OS. The number of thiophene rings is 1. The number of nitrogens with zero attached hydrogens (tertiary/aromatic N) is 2. The van der Waals surface area contributed by atoms with Gasteiger partial charge in [-0.25, -0.2) is 4.98 Å². The smallest absolute Gasteiger partial charge is 0.224 e. The van der Waals surface area contributed by atoms with Crippen molar-refractivity contribution in [1.82, 2.24) is 9.97 Å². The van der Waals surface area contributed by atoms with Gasteiger partial charge in [-0.15, -0.1) is 23.7 Å². The Morgan fingerprint density at radius 1 is 1.43 bits per heavy atom. The maximum absolute atomic E-state index is 6.19. The summed E-state index contributed by atoms with van der Waals surface area (Å²) in [6.07, 6.45) is 2.53. The minimum Gasteiger partial charge on any atom is -0.467 e. The van der Waals surface area contributed by atoms with Crippen molar-refractivity contribution in [2.24, 2.45) is 5.73 Å². The Kier molecular flexibility index (Phi) is 5.86. The van der Waals surface area contributed by atoms with Crippen LogP contribution in [0.1, 0.15) is 35.6 Å². The lowest BCUT2D eigenvalue weighted by atomic mass is 10.1. The fourth-order valence-electron chi connectivity index (χ4n) is 2.32. The number of fused-ring (bicyclic) bond motifs is 1. The second kappa shape index (κ2) is 7.49. The molecule has 0 aliphatic rings. The number of hydrogen-bond acceptors (Lipinski definition) is 6. The van der Waals surface area contributed by atoms with Crippen molar-refractivity contribution < 1.29 is 4.42 Å². The van der Waals surface area contributed by atoms with Crippen molar-refractivity contribution in [1.29, 1.82) is 0 Å². The molecule has 3 aromatic heterocycles. The predicted molar refractivity (Wildman–Crippen MR) is 97.7 cm³/mol. The van der Waals surface area contributed by atoms with Gasteiger partial charge in [0.15, 0.2) is 0 Å². The third-order valence-electron chi connectivity index (χ3n) is 3.56. The van der Waals surface area contributed by atoms with Crippen LogP contribution in [0.2, 0.25) is 5.28 Å². The lowest BCUT2D eigenvalue weighted by Crippen LogP contribution is -2.07. The van der Waals surface area contributed by atoms with Crippen LogP contribution in [0.15, 0.2) is 22.8 Å². The molecule has 124 valence electrons. The van der Waals surface area contributed by atoms with E-state index in [0.29, 0.717) is 12.4 Å². The Bertz CT molecular complexity index is 788. The molecule has 0 radical (unpaired) electrons. The van der Waals surface area contributed by atoms with Gasteiger partial charge in [-0.05, 0) is 42.6 Å². The summed E-state index contributed by atoms with van der Waals surface area (Å²) < 4.78 is 6.31. The lowest BCUT2D eigenvalue weighted by molar-refractivity contribution is 0.518. The average molecular weight is 373 g/mol. The molecule has 3 rings (SSSR count). The van der Waals surface area contributed by atoms with Crippen LogP contribution >= 0.6 is 35.3 Å². The summed E-state index contributed by atoms with van der Waals surface area (Å²) in [6.45, 7) is 4.65. The normalized spacial score (nSPS) is 12.2. The Morgan fingerprint density at radius 3 is 2.87 bits per heavy atom. The van der Waals surface area contributed by atoms with Gasteiger partial charge in [0, 0.05) is 10.9 Å². The van der Waals surface area contributed by atoms with Crippen LogP contribution in [0.25, 0.3) is 10.2 Å². The third-order valence-corrected chi connectivity index (χ3v) is 5.15. The molecule has 8 heteroatoms. The molecule has 3 N–H and O–H groups in total. The molecule has 5 nitrogen and oxygen atoms in total. The first kappa shape index (κ1) is 18.0. The number of halogens is 2. The molecule has 0 aliphatic heterocycles. The Hall–Kier alpha value is -1.34. The molecule has 3 heterocycles. The van der Waals surface area contributed by atoms with Crippen LogP contribution in [-0.4, -0.2) is 9.97 Å². The summed E-state index contributed by atoms with van der Waals surface area (Å²) in [4.78, 5) is 9.81. The minimum absolute atomic E-state index is 0. The van der Waals surface area contributed by atoms with Crippen molar-refractivity contribution in [2.45, 2.75) is 32.9 Å². The van der Waals surface area contributed by atoms with E-state index in [4.69, 9.17) is 21.8 Å². The molecular weight excluding hydrogens is 355 g/mol. The van der Waals surface area contributed by atoms with Crippen molar-refractivity contribution in [2.75, 3.05) is 5.32 Å². The molecule has 0 saturated carbocycles. The third kappa shape index (κ3) is 3.61. The standard InChI is InChI=1S/C15H17ClN4OS.ClH/c1-3-10(17)12-8(2)11-13(22-12)14(20-15(16)19-11)18-7-9-5-4-6-21-9;/h4-6,10H,3,7,17H2,1-2H3,(H,18,19,20);1H/t10-;/m1./s1. The number of aryl methyl sites for hydroxylation is 1. The van der Waals surface area contributed by atoms with E-state index in [0.717, 1.165) is 32.8 Å². The van der Waals surface area contributed by atoms with Crippen LogP contribution in [0.4, 0.5) is 5.82 Å². The van der Waals surface area contributed by atoms with Crippen LogP contribution in [-0.2, 0) is 6.54 Å². The van der Waals surface area contributed by atoms with E-state index in [9.17, 15) is 0 Å². The van der Waals surface area contributed by atoms with Crippen LogP contribution in [0, 0.1) is 6.92 Å². The fraction of sp³-hybridized carbons (Fsp3) is 0.333. The van der Waals surface area contributed by atoms with Gasteiger partial charge in [-0.1, -0.05) is 6.92 Å². The molecule has 23 heavy (non-hydrogen) atoms. The van der Waals surface area contributed by atoms with Gasteiger partial charge in [0.05, 0.1) is 23.0 Å². The van der Waals surface area contributed by atoms with Crippen LogP contribution in [0.3, 0.4) is 0 Å². The highest BCUT2D eigenvalue weighted by Gasteiger charge is 2.18. The molecule has 1 atom stereocenters. The minimum atomic E-state index is 0. The molecule has 0 fully saturated rings. The van der Waals surface area contributed by atoms with Crippen LogP contribution in [0.5, 0.6) is 0 Å². The number of rotatable bonds is 5. The van der Waals surface area contributed by atoms with Crippen molar-refractivity contribution in [3.05, 3.63) is 39.9 Å². The lowest BCUT2D eigenvalue weighted by Gasteiger charge is -2.06. The first-order valence-electron chi connectivity index (χ1n) is 7.08. The van der Waals surface area contributed by atoms with Gasteiger partial charge in [0.25, 0.3) is 0 Å². The quantitative estimate of drug-likeness (QED) is 0.635. The number of nitrogens with two attached hydrogens (primary N) is 1. The maximum Gasteiger partial charge on any atom is 0.224 e. The zero-order chi connectivity index (χ0) is 15.7. The molecule has 0 aliphatic carbocycles. The van der Waals surface area contributed by atoms with E-state index >= 15 is 0 Å². The van der Waals surface area contributed by atoms with E-state index in [1.165, 1.54) is 0 Å². The number of furan rings is 1. The van der Waals surface area contributed by atoms with E-state index in [1.54, 1.807) is 17.6 Å². The largest absolute Gasteiger partial charge is 0.467 e. The molecule has 0 unspecified atom stereocenters. The monoisotopic (exact) mass is 372 g/mol. The van der Waals surface area contributed by atoms with E-state index in [-0.39, 0.29) is 23.7 Å². The topological polar surface area (TPSA) is 77.0 Å². The second-order valence-corrected chi connectivity index (χ2v) is 6.45.